The average molecular weight is 537 g/mol. The largest absolute Gasteiger partial charge is 0.504 e. The number of hydrogen-bond acceptors (Lipinski definition) is 11. The zero-order valence-electron chi connectivity index (χ0n) is 21.8. The number of aliphatic hydroxyl groups is 4. The Morgan fingerprint density at radius 1 is 0.921 bits per heavy atom. The highest BCUT2D eigenvalue weighted by atomic mass is 16.7. The predicted molar refractivity (Wildman–Crippen MR) is 134 cm³/mol. The van der Waals surface area contributed by atoms with Gasteiger partial charge < -0.3 is 54.3 Å². The second-order valence-corrected chi connectivity index (χ2v) is 9.77. The minimum Gasteiger partial charge on any atom is -0.504 e. The lowest BCUT2D eigenvalue weighted by molar-refractivity contribution is -0.296. The number of benzene rings is 2. The summed E-state index contributed by atoms with van der Waals surface area (Å²) < 4.78 is 27.9. The normalized spacial score (nSPS) is 30.9. The van der Waals surface area contributed by atoms with Crippen LogP contribution in [-0.4, -0.2) is 95.9 Å². The van der Waals surface area contributed by atoms with Crippen molar-refractivity contribution >= 4 is 0 Å². The summed E-state index contributed by atoms with van der Waals surface area (Å²) in [6.07, 6.45) is -5.79. The molecule has 0 aromatic heterocycles. The van der Waals surface area contributed by atoms with Crippen LogP contribution in [0, 0.1) is 11.8 Å². The van der Waals surface area contributed by atoms with Crippen molar-refractivity contribution in [2.24, 2.45) is 11.8 Å². The van der Waals surface area contributed by atoms with Crippen LogP contribution in [0.25, 0.3) is 0 Å². The monoisotopic (exact) mass is 536 g/mol. The molecule has 38 heavy (non-hydrogen) atoms. The minimum absolute atomic E-state index is 0.0221. The van der Waals surface area contributed by atoms with Crippen LogP contribution in [0.15, 0.2) is 24.3 Å². The van der Waals surface area contributed by atoms with E-state index in [9.17, 15) is 30.6 Å². The smallest absolute Gasteiger partial charge is 0.201 e. The van der Waals surface area contributed by atoms with Crippen molar-refractivity contribution in [2.75, 3.05) is 34.5 Å². The Kier molecular flexibility index (Phi) is 8.55. The molecule has 8 atom stereocenters. The van der Waals surface area contributed by atoms with Crippen LogP contribution in [0.4, 0.5) is 0 Å². The Labute approximate surface area is 220 Å². The average Bonchev–Trinajstić information content (AvgIpc) is 2.92. The van der Waals surface area contributed by atoms with E-state index in [2.05, 4.69) is 0 Å². The van der Waals surface area contributed by atoms with Gasteiger partial charge in [0.15, 0.2) is 29.3 Å². The summed E-state index contributed by atoms with van der Waals surface area (Å²) in [7, 11) is 4.31. The van der Waals surface area contributed by atoms with E-state index in [0.29, 0.717) is 17.5 Å². The van der Waals surface area contributed by atoms with Crippen LogP contribution in [0.1, 0.15) is 29.5 Å². The molecule has 0 saturated carbocycles. The fourth-order valence-electron chi connectivity index (χ4n) is 5.57. The summed E-state index contributed by atoms with van der Waals surface area (Å²) in [6, 6.07) is 6.60. The molecule has 0 bridgehead atoms. The van der Waals surface area contributed by atoms with Gasteiger partial charge in [0.05, 0.1) is 34.0 Å². The molecule has 0 amide bonds. The van der Waals surface area contributed by atoms with Gasteiger partial charge in [0.1, 0.15) is 18.3 Å². The molecule has 1 heterocycles. The van der Waals surface area contributed by atoms with Crippen LogP contribution < -0.4 is 14.2 Å². The molecule has 11 nitrogen and oxygen atoms in total. The van der Waals surface area contributed by atoms with Gasteiger partial charge in [0.2, 0.25) is 5.75 Å². The van der Waals surface area contributed by atoms with E-state index in [1.807, 2.05) is 0 Å². The van der Waals surface area contributed by atoms with Gasteiger partial charge in [-0.2, -0.15) is 0 Å². The maximum atomic E-state index is 10.9. The molecule has 2 aromatic carbocycles. The quantitative estimate of drug-likeness (QED) is 0.283. The first kappa shape index (κ1) is 28.2. The molecule has 210 valence electrons. The Hall–Kier alpha value is -2.80. The highest BCUT2D eigenvalue weighted by Crippen LogP contribution is 2.53. The van der Waals surface area contributed by atoms with Crippen molar-refractivity contribution in [3.8, 4) is 28.7 Å². The Morgan fingerprint density at radius 3 is 2.26 bits per heavy atom. The number of methoxy groups -OCH3 is 3. The zero-order chi connectivity index (χ0) is 27.7. The number of phenolic OH excluding ortho intramolecular Hbond substituents is 2. The van der Waals surface area contributed by atoms with Gasteiger partial charge in [-0.25, -0.2) is 0 Å². The van der Waals surface area contributed by atoms with Crippen molar-refractivity contribution in [3.05, 3.63) is 41.0 Å². The molecule has 11 heteroatoms. The first-order valence-electron chi connectivity index (χ1n) is 12.4. The van der Waals surface area contributed by atoms with Crippen molar-refractivity contribution in [1.82, 2.24) is 0 Å². The third kappa shape index (κ3) is 4.97. The minimum atomic E-state index is -1.49. The molecule has 1 aliphatic heterocycles. The number of aromatic hydroxyl groups is 2. The molecule has 2 aliphatic rings. The van der Waals surface area contributed by atoms with Crippen LogP contribution >= 0.6 is 0 Å². The summed E-state index contributed by atoms with van der Waals surface area (Å²) in [5.41, 5.74) is 2.15. The van der Waals surface area contributed by atoms with Crippen LogP contribution in [0.5, 0.6) is 28.7 Å². The second-order valence-electron chi connectivity index (χ2n) is 9.77. The first-order chi connectivity index (χ1) is 18.2. The standard InChI is InChI=1S/C27H36O11/c1-12-22(30)24(32)25(33)27(38-12)37-11-16-15(10-28)7-14-9-19(35-3)23(31)26(36-4)21(14)20(16)13-5-6-17(29)18(8-13)34-2/h5-6,8-9,12,15-16,20,22,24-25,27-33H,7,10-11H2,1-4H3/t12-,15-,16-,20+,22-,24+,25+,27+/m0/s1. The van der Waals surface area contributed by atoms with Gasteiger partial charge in [-0.1, -0.05) is 6.07 Å². The van der Waals surface area contributed by atoms with E-state index < -0.39 is 42.5 Å². The van der Waals surface area contributed by atoms with Gasteiger partial charge in [0.25, 0.3) is 0 Å². The Bertz CT molecular complexity index is 1120. The Morgan fingerprint density at radius 2 is 1.63 bits per heavy atom. The summed E-state index contributed by atoms with van der Waals surface area (Å²) in [5, 5.41) is 62.3. The van der Waals surface area contributed by atoms with Crippen molar-refractivity contribution in [3.63, 3.8) is 0 Å². The lowest BCUT2D eigenvalue weighted by Gasteiger charge is -2.43. The lowest BCUT2D eigenvalue weighted by atomic mass is 9.66. The third-order valence-electron chi connectivity index (χ3n) is 7.65. The number of phenols is 2. The van der Waals surface area contributed by atoms with Gasteiger partial charge >= 0.3 is 0 Å². The fourth-order valence-corrected chi connectivity index (χ4v) is 5.57. The number of rotatable bonds is 8. The molecule has 0 radical (unpaired) electrons. The van der Waals surface area contributed by atoms with E-state index in [1.54, 1.807) is 25.1 Å². The van der Waals surface area contributed by atoms with E-state index in [-0.39, 0.29) is 47.9 Å². The van der Waals surface area contributed by atoms with E-state index >= 15 is 0 Å². The van der Waals surface area contributed by atoms with E-state index in [4.69, 9.17) is 23.7 Å². The molecule has 0 unspecified atom stereocenters. The molecular formula is C27H36O11. The van der Waals surface area contributed by atoms with Crippen LogP contribution in [0.2, 0.25) is 0 Å². The molecule has 1 aliphatic carbocycles. The summed E-state index contributed by atoms with van der Waals surface area (Å²) in [5.74, 6) is -0.840. The molecule has 4 rings (SSSR count). The number of fused-ring (bicyclic) bond motifs is 1. The highest BCUT2D eigenvalue weighted by molar-refractivity contribution is 5.62. The maximum Gasteiger partial charge on any atom is 0.201 e. The van der Waals surface area contributed by atoms with Gasteiger partial charge in [-0.3, -0.25) is 0 Å². The van der Waals surface area contributed by atoms with E-state index in [1.165, 1.54) is 27.4 Å². The van der Waals surface area contributed by atoms with Gasteiger partial charge in [0, 0.05) is 18.1 Å². The molecular weight excluding hydrogens is 500 g/mol. The van der Waals surface area contributed by atoms with Crippen LogP contribution in [0.3, 0.4) is 0 Å². The molecule has 2 aromatic rings. The summed E-state index contributed by atoms with van der Waals surface area (Å²) in [6.45, 7) is 1.35. The molecule has 1 fully saturated rings. The lowest BCUT2D eigenvalue weighted by Crippen LogP contribution is -2.57. The number of ether oxygens (including phenoxy) is 5. The predicted octanol–water partition coefficient (Wildman–Crippen LogP) is 0.880. The van der Waals surface area contributed by atoms with Crippen LogP contribution in [-0.2, 0) is 15.9 Å². The topological polar surface area (TPSA) is 168 Å². The summed E-state index contributed by atoms with van der Waals surface area (Å²) >= 11 is 0. The van der Waals surface area contributed by atoms with Crippen molar-refractivity contribution in [2.45, 2.75) is 50.0 Å². The van der Waals surface area contributed by atoms with Gasteiger partial charge in [-0.15, -0.1) is 0 Å². The number of aliphatic hydroxyl groups excluding tert-OH is 4. The Balaban J connectivity index is 1.81. The van der Waals surface area contributed by atoms with E-state index in [0.717, 1.165) is 5.56 Å². The highest BCUT2D eigenvalue weighted by Gasteiger charge is 2.45. The fraction of sp³-hybridized carbons (Fsp3) is 0.556. The first-order valence-corrected chi connectivity index (χ1v) is 12.4. The van der Waals surface area contributed by atoms with Crippen molar-refractivity contribution < 1.29 is 54.3 Å². The third-order valence-corrected chi connectivity index (χ3v) is 7.65. The molecule has 0 spiro atoms. The zero-order valence-corrected chi connectivity index (χ0v) is 21.8. The summed E-state index contributed by atoms with van der Waals surface area (Å²) in [4.78, 5) is 0. The SMILES string of the molecule is COc1cc([C@H]2c3c(cc(OC)c(O)c3OC)C[C@@H](CO)[C@@H]2CO[C@@H]2O[C@@H](C)[C@H](O)[C@@H](O)[C@H]2O)ccc1O. The molecule has 1 saturated heterocycles. The number of hydrogen-bond donors (Lipinski definition) is 6. The van der Waals surface area contributed by atoms with Gasteiger partial charge in [-0.05, 0) is 54.5 Å². The van der Waals surface area contributed by atoms with Crippen molar-refractivity contribution in [1.29, 1.82) is 0 Å². The maximum absolute atomic E-state index is 10.9. The molecule has 6 N–H and O–H groups in total. The second kappa shape index (κ2) is 11.5.